The number of benzene rings is 1. The molecule has 1 aliphatic rings. The van der Waals surface area contributed by atoms with Crippen LogP contribution in [0.1, 0.15) is 17.5 Å². The maximum Gasteiger partial charge on any atom is 0.119 e. The maximum atomic E-state index is 5.75. The molecular formula is C13H19NO2. The first-order chi connectivity index (χ1) is 7.79. The monoisotopic (exact) mass is 221 g/mol. The van der Waals surface area contributed by atoms with Gasteiger partial charge in [0, 0.05) is 19.1 Å². The molecule has 3 nitrogen and oxygen atoms in total. The van der Waals surface area contributed by atoms with E-state index in [2.05, 4.69) is 13.0 Å². The van der Waals surface area contributed by atoms with E-state index < -0.39 is 0 Å². The molecule has 2 N–H and O–H groups in total. The fourth-order valence-corrected chi connectivity index (χ4v) is 1.92. The fraction of sp³-hybridized carbons (Fsp3) is 0.538. The topological polar surface area (TPSA) is 44.5 Å². The Morgan fingerprint density at radius 1 is 1.50 bits per heavy atom. The third-order valence-corrected chi connectivity index (χ3v) is 3.04. The fourth-order valence-electron chi connectivity index (χ4n) is 1.92. The summed E-state index contributed by atoms with van der Waals surface area (Å²) in [5.41, 5.74) is 7.99. The maximum absolute atomic E-state index is 5.75. The van der Waals surface area contributed by atoms with Crippen LogP contribution >= 0.6 is 0 Å². The van der Waals surface area contributed by atoms with Crippen molar-refractivity contribution in [2.24, 2.45) is 11.7 Å². The number of ether oxygens (including phenoxy) is 2. The molecule has 1 saturated heterocycles. The van der Waals surface area contributed by atoms with Crippen molar-refractivity contribution in [3.63, 3.8) is 0 Å². The molecule has 2 rings (SSSR count). The second-order valence-electron chi connectivity index (χ2n) is 4.33. The third-order valence-electron chi connectivity index (χ3n) is 3.04. The minimum Gasteiger partial charge on any atom is -0.493 e. The highest BCUT2D eigenvalue weighted by atomic mass is 16.5. The van der Waals surface area contributed by atoms with Crippen LogP contribution in [0.2, 0.25) is 0 Å². The van der Waals surface area contributed by atoms with Gasteiger partial charge in [0.25, 0.3) is 0 Å². The highest BCUT2D eigenvalue weighted by Gasteiger charge is 2.16. The summed E-state index contributed by atoms with van der Waals surface area (Å²) in [7, 11) is 0. The summed E-state index contributed by atoms with van der Waals surface area (Å²) < 4.78 is 11.1. The van der Waals surface area contributed by atoms with Crippen molar-refractivity contribution in [3.05, 3.63) is 29.3 Å². The van der Waals surface area contributed by atoms with Crippen LogP contribution < -0.4 is 10.5 Å². The molecule has 1 aliphatic heterocycles. The molecule has 88 valence electrons. The molecule has 1 fully saturated rings. The van der Waals surface area contributed by atoms with Crippen LogP contribution in [0.25, 0.3) is 0 Å². The van der Waals surface area contributed by atoms with Crippen molar-refractivity contribution in [3.8, 4) is 5.75 Å². The Balaban J connectivity index is 1.91. The first kappa shape index (κ1) is 11.4. The van der Waals surface area contributed by atoms with E-state index >= 15 is 0 Å². The van der Waals surface area contributed by atoms with Gasteiger partial charge < -0.3 is 15.2 Å². The summed E-state index contributed by atoms with van der Waals surface area (Å²) in [6.45, 7) is 5.11. The van der Waals surface area contributed by atoms with Crippen molar-refractivity contribution in [2.75, 3.05) is 19.8 Å². The lowest BCUT2D eigenvalue weighted by Gasteiger charge is -2.12. The smallest absolute Gasteiger partial charge is 0.119 e. The Labute approximate surface area is 96.5 Å². The van der Waals surface area contributed by atoms with Crippen molar-refractivity contribution < 1.29 is 9.47 Å². The van der Waals surface area contributed by atoms with Crippen molar-refractivity contribution in [1.29, 1.82) is 0 Å². The van der Waals surface area contributed by atoms with Gasteiger partial charge in [0.05, 0.1) is 13.2 Å². The summed E-state index contributed by atoms with van der Waals surface area (Å²) in [5.74, 6) is 1.48. The van der Waals surface area contributed by atoms with Gasteiger partial charge in [-0.2, -0.15) is 0 Å². The molecule has 0 amide bonds. The third kappa shape index (κ3) is 2.74. The summed E-state index contributed by atoms with van der Waals surface area (Å²) in [5, 5.41) is 0. The molecule has 1 unspecified atom stereocenters. The Morgan fingerprint density at radius 3 is 3.00 bits per heavy atom. The van der Waals surface area contributed by atoms with Crippen LogP contribution in [-0.4, -0.2) is 19.8 Å². The van der Waals surface area contributed by atoms with Crippen molar-refractivity contribution >= 4 is 0 Å². The zero-order valence-electron chi connectivity index (χ0n) is 9.74. The number of rotatable bonds is 4. The SMILES string of the molecule is Cc1cc(OCC2CCOC2)ccc1CN. The van der Waals surface area contributed by atoms with Gasteiger partial charge in [0.2, 0.25) is 0 Å². The average molecular weight is 221 g/mol. The van der Waals surface area contributed by atoms with Gasteiger partial charge in [0.1, 0.15) is 5.75 Å². The van der Waals surface area contributed by atoms with E-state index in [-0.39, 0.29) is 0 Å². The van der Waals surface area contributed by atoms with Crippen LogP contribution in [-0.2, 0) is 11.3 Å². The lowest BCUT2D eigenvalue weighted by Crippen LogP contribution is -2.11. The summed E-state index contributed by atoms with van der Waals surface area (Å²) in [6, 6.07) is 6.08. The molecule has 0 aliphatic carbocycles. The van der Waals surface area contributed by atoms with E-state index in [4.69, 9.17) is 15.2 Å². The van der Waals surface area contributed by atoms with E-state index in [0.29, 0.717) is 12.5 Å². The molecule has 1 aromatic rings. The Kier molecular flexibility index (Phi) is 3.80. The summed E-state index contributed by atoms with van der Waals surface area (Å²) >= 11 is 0. The van der Waals surface area contributed by atoms with E-state index in [0.717, 1.165) is 32.0 Å². The first-order valence-electron chi connectivity index (χ1n) is 5.79. The molecule has 0 aromatic heterocycles. The second kappa shape index (κ2) is 5.32. The predicted octanol–water partition coefficient (Wildman–Crippen LogP) is 1.87. The quantitative estimate of drug-likeness (QED) is 0.844. The highest BCUT2D eigenvalue weighted by molar-refractivity contribution is 5.34. The van der Waals surface area contributed by atoms with Gasteiger partial charge in [-0.1, -0.05) is 6.07 Å². The van der Waals surface area contributed by atoms with Gasteiger partial charge >= 0.3 is 0 Å². The number of hydrogen-bond acceptors (Lipinski definition) is 3. The van der Waals surface area contributed by atoms with E-state index in [1.807, 2.05) is 12.1 Å². The molecule has 1 atom stereocenters. The minimum atomic E-state index is 0.550. The Bertz CT molecular complexity index is 346. The van der Waals surface area contributed by atoms with Crippen LogP contribution in [0.4, 0.5) is 0 Å². The molecule has 1 heterocycles. The van der Waals surface area contributed by atoms with Crippen LogP contribution in [0.3, 0.4) is 0 Å². The molecule has 1 aromatic carbocycles. The first-order valence-corrected chi connectivity index (χ1v) is 5.79. The minimum absolute atomic E-state index is 0.550. The van der Waals surface area contributed by atoms with Crippen molar-refractivity contribution in [2.45, 2.75) is 19.9 Å². The molecule has 3 heteroatoms. The summed E-state index contributed by atoms with van der Waals surface area (Å²) in [6.07, 6.45) is 1.11. The average Bonchev–Trinajstić information content (AvgIpc) is 2.79. The van der Waals surface area contributed by atoms with Crippen molar-refractivity contribution in [1.82, 2.24) is 0 Å². The highest BCUT2D eigenvalue weighted by Crippen LogP contribution is 2.19. The molecule has 0 spiro atoms. The Hall–Kier alpha value is -1.06. The summed E-state index contributed by atoms with van der Waals surface area (Å²) in [4.78, 5) is 0. The largest absolute Gasteiger partial charge is 0.493 e. The predicted molar refractivity (Wildman–Crippen MR) is 63.5 cm³/mol. The van der Waals surface area contributed by atoms with Gasteiger partial charge in [-0.25, -0.2) is 0 Å². The number of aryl methyl sites for hydroxylation is 1. The van der Waals surface area contributed by atoms with Gasteiger partial charge in [-0.3, -0.25) is 0 Å². The molecular weight excluding hydrogens is 202 g/mol. The van der Waals surface area contributed by atoms with E-state index in [1.54, 1.807) is 0 Å². The zero-order valence-corrected chi connectivity index (χ0v) is 9.74. The second-order valence-corrected chi connectivity index (χ2v) is 4.33. The zero-order chi connectivity index (χ0) is 11.4. The Morgan fingerprint density at radius 2 is 2.38 bits per heavy atom. The number of hydrogen-bond donors (Lipinski definition) is 1. The van der Waals surface area contributed by atoms with E-state index in [9.17, 15) is 0 Å². The molecule has 16 heavy (non-hydrogen) atoms. The van der Waals surface area contributed by atoms with Gasteiger partial charge in [-0.05, 0) is 36.6 Å². The van der Waals surface area contributed by atoms with Crippen LogP contribution in [0, 0.1) is 12.8 Å². The molecule has 0 saturated carbocycles. The normalized spacial score (nSPS) is 20.0. The molecule has 0 bridgehead atoms. The lowest BCUT2D eigenvalue weighted by molar-refractivity contribution is 0.167. The van der Waals surface area contributed by atoms with E-state index in [1.165, 1.54) is 11.1 Å². The molecule has 0 radical (unpaired) electrons. The standard InChI is InChI=1S/C13H19NO2/c1-10-6-13(3-2-12(10)7-14)16-9-11-4-5-15-8-11/h2-3,6,11H,4-5,7-9,14H2,1H3. The van der Waals surface area contributed by atoms with Crippen LogP contribution in [0.15, 0.2) is 18.2 Å². The van der Waals surface area contributed by atoms with Gasteiger partial charge in [0.15, 0.2) is 0 Å². The number of nitrogens with two attached hydrogens (primary N) is 1. The van der Waals surface area contributed by atoms with Gasteiger partial charge in [-0.15, -0.1) is 0 Å². The lowest BCUT2D eigenvalue weighted by atomic mass is 10.1. The van der Waals surface area contributed by atoms with Crippen LogP contribution in [0.5, 0.6) is 5.75 Å².